The second-order valence-electron chi connectivity index (χ2n) is 4.35. The molecule has 1 aromatic heterocycles. The molecule has 5 heteroatoms. The van der Waals surface area contributed by atoms with Gasteiger partial charge in [-0.2, -0.15) is 0 Å². The van der Waals surface area contributed by atoms with Crippen molar-refractivity contribution in [3.8, 4) is 5.75 Å². The van der Waals surface area contributed by atoms with Gasteiger partial charge in [-0.15, -0.1) is 0 Å². The maximum absolute atomic E-state index is 5.99. The van der Waals surface area contributed by atoms with E-state index in [1.807, 2.05) is 32.0 Å². The first-order valence-electron chi connectivity index (χ1n) is 5.91. The lowest BCUT2D eigenvalue weighted by Crippen LogP contribution is -2.08. The fraction of sp³-hybridized carbons (Fsp3) is 0.214. The van der Waals surface area contributed by atoms with E-state index in [2.05, 4.69) is 10.4 Å². The Kier molecular flexibility index (Phi) is 4.24. The topological polar surface area (TPSA) is 60.2 Å². The number of nitrogen functional groups attached to an aromatic ring is 1. The van der Waals surface area contributed by atoms with E-state index in [0.717, 1.165) is 27.5 Å². The van der Waals surface area contributed by atoms with Crippen LogP contribution in [0.25, 0.3) is 0 Å². The predicted octanol–water partition coefficient (Wildman–Crippen LogP) is 3.22. The van der Waals surface area contributed by atoms with Crippen molar-refractivity contribution >= 4 is 17.4 Å². The van der Waals surface area contributed by atoms with Crippen LogP contribution in [-0.2, 0) is 6.61 Å². The Balaban J connectivity index is 2.10. The fourth-order valence-corrected chi connectivity index (χ4v) is 2.20. The molecule has 2 aromatic rings. The van der Waals surface area contributed by atoms with Crippen LogP contribution in [0, 0.1) is 13.8 Å². The maximum atomic E-state index is 5.99. The van der Waals surface area contributed by atoms with Crippen LogP contribution in [0.15, 0.2) is 30.5 Å². The smallest absolute Gasteiger partial charge is 0.139 e. The first-order valence-corrected chi connectivity index (χ1v) is 6.29. The summed E-state index contributed by atoms with van der Waals surface area (Å²) in [5, 5.41) is 0.724. The first kappa shape index (κ1) is 13.6. The summed E-state index contributed by atoms with van der Waals surface area (Å²) >= 11 is 5.99. The normalized spacial score (nSPS) is 10.3. The van der Waals surface area contributed by atoms with Gasteiger partial charge in [0, 0.05) is 16.8 Å². The lowest BCUT2D eigenvalue weighted by atomic mass is 10.1. The lowest BCUT2D eigenvalue weighted by molar-refractivity contribution is 0.301. The Morgan fingerprint density at radius 3 is 2.47 bits per heavy atom. The van der Waals surface area contributed by atoms with Crippen molar-refractivity contribution in [3.05, 3.63) is 52.2 Å². The Morgan fingerprint density at radius 1 is 1.26 bits per heavy atom. The van der Waals surface area contributed by atoms with Gasteiger partial charge in [-0.1, -0.05) is 17.7 Å². The summed E-state index contributed by atoms with van der Waals surface area (Å²) in [4.78, 5) is 4.13. The van der Waals surface area contributed by atoms with Crippen molar-refractivity contribution in [3.63, 3.8) is 0 Å². The average Bonchev–Trinajstić information content (AvgIpc) is 2.38. The van der Waals surface area contributed by atoms with Crippen LogP contribution in [0.2, 0.25) is 5.02 Å². The van der Waals surface area contributed by atoms with Crippen LogP contribution in [0.1, 0.15) is 16.7 Å². The molecule has 0 bridgehead atoms. The van der Waals surface area contributed by atoms with E-state index in [9.17, 15) is 0 Å². The summed E-state index contributed by atoms with van der Waals surface area (Å²) in [5.74, 6) is 6.76. The lowest BCUT2D eigenvalue weighted by Gasteiger charge is -2.12. The summed E-state index contributed by atoms with van der Waals surface area (Å²) in [6.45, 7) is 4.42. The Bertz CT molecular complexity index is 546. The molecule has 0 atom stereocenters. The number of nitrogens with zero attached hydrogens (tertiary/aromatic N) is 1. The minimum absolute atomic E-state index is 0.459. The highest BCUT2D eigenvalue weighted by Crippen LogP contribution is 2.27. The highest BCUT2D eigenvalue weighted by Gasteiger charge is 2.06. The minimum atomic E-state index is 0.459. The summed E-state index contributed by atoms with van der Waals surface area (Å²) in [6.07, 6.45) is 1.73. The van der Waals surface area contributed by atoms with Crippen LogP contribution in [0.4, 0.5) is 5.82 Å². The zero-order valence-corrected chi connectivity index (χ0v) is 11.7. The Hall–Kier alpha value is -1.78. The van der Waals surface area contributed by atoms with E-state index in [4.69, 9.17) is 22.2 Å². The van der Waals surface area contributed by atoms with E-state index in [0.29, 0.717) is 12.4 Å². The molecule has 0 amide bonds. The number of hydrogen-bond donors (Lipinski definition) is 2. The van der Waals surface area contributed by atoms with E-state index in [1.54, 1.807) is 12.3 Å². The number of benzene rings is 1. The van der Waals surface area contributed by atoms with Gasteiger partial charge in [-0.25, -0.2) is 10.8 Å². The molecule has 0 aliphatic rings. The molecule has 1 heterocycles. The number of aryl methyl sites for hydroxylation is 2. The summed E-state index contributed by atoms with van der Waals surface area (Å²) in [5.41, 5.74) is 5.52. The molecule has 0 unspecified atom stereocenters. The molecule has 2 rings (SSSR count). The van der Waals surface area contributed by atoms with Gasteiger partial charge in [-0.3, -0.25) is 0 Å². The number of rotatable bonds is 4. The molecule has 0 radical (unpaired) electrons. The van der Waals surface area contributed by atoms with Crippen molar-refractivity contribution in [2.75, 3.05) is 5.43 Å². The SMILES string of the molecule is Cc1cc(Cl)cc(C)c1OCc1ccc(NN)nc1. The number of aromatic nitrogens is 1. The molecular weight excluding hydrogens is 262 g/mol. The molecule has 3 N–H and O–H groups in total. The number of pyridine rings is 1. The fourth-order valence-electron chi connectivity index (χ4n) is 1.88. The molecule has 4 nitrogen and oxygen atoms in total. The minimum Gasteiger partial charge on any atom is -0.488 e. The number of hydrazine groups is 1. The zero-order chi connectivity index (χ0) is 13.8. The van der Waals surface area contributed by atoms with Crippen LogP contribution in [0.3, 0.4) is 0 Å². The van der Waals surface area contributed by atoms with Crippen LogP contribution < -0.4 is 16.0 Å². The number of nitrogens with two attached hydrogens (primary N) is 1. The Labute approximate surface area is 117 Å². The van der Waals surface area contributed by atoms with Gasteiger partial charge in [0.05, 0.1) is 0 Å². The molecule has 0 saturated carbocycles. The molecule has 0 spiro atoms. The highest BCUT2D eigenvalue weighted by atomic mass is 35.5. The third-order valence-corrected chi connectivity index (χ3v) is 3.00. The van der Waals surface area contributed by atoms with E-state index in [-0.39, 0.29) is 0 Å². The second kappa shape index (κ2) is 5.91. The van der Waals surface area contributed by atoms with Gasteiger partial charge in [0.2, 0.25) is 0 Å². The molecule has 100 valence electrons. The summed E-state index contributed by atoms with van der Waals surface area (Å²) in [7, 11) is 0. The van der Waals surface area contributed by atoms with Gasteiger partial charge in [0.1, 0.15) is 18.2 Å². The van der Waals surface area contributed by atoms with Gasteiger partial charge < -0.3 is 10.2 Å². The number of anilines is 1. The molecule has 0 fully saturated rings. The monoisotopic (exact) mass is 277 g/mol. The second-order valence-corrected chi connectivity index (χ2v) is 4.79. The predicted molar refractivity (Wildman–Crippen MR) is 77.3 cm³/mol. The zero-order valence-electron chi connectivity index (χ0n) is 10.9. The van der Waals surface area contributed by atoms with Crippen molar-refractivity contribution in [1.29, 1.82) is 0 Å². The number of nitrogens with one attached hydrogen (secondary N) is 1. The van der Waals surface area contributed by atoms with E-state index in [1.165, 1.54) is 0 Å². The third-order valence-electron chi connectivity index (χ3n) is 2.78. The van der Waals surface area contributed by atoms with Gasteiger partial charge >= 0.3 is 0 Å². The van der Waals surface area contributed by atoms with Crippen LogP contribution in [-0.4, -0.2) is 4.98 Å². The van der Waals surface area contributed by atoms with Crippen molar-refractivity contribution < 1.29 is 4.74 Å². The molecule has 0 aliphatic heterocycles. The number of ether oxygens (including phenoxy) is 1. The Morgan fingerprint density at radius 2 is 1.95 bits per heavy atom. The van der Waals surface area contributed by atoms with Crippen LogP contribution >= 0.6 is 11.6 Å². The van der Waals surface area contributed by atoms with Crippen molar-refractivity contribution in [2.24, 2.45) is 5.84 Å². The summed E-state index contributed by atoms with van der Waals surface area (Å²) < 4.78 is 5.83. The highest BCUT2D eigenvalue weighted by molar-refractivity contribution is 6.30. The van der Waals surface area contributed by atoms with Crippen molar-refractivity contribution in [1.82, 2.24) is 4.98 Å². The first-order chi connectivity index (χ1) is 9.10. The van der Waals surface area contributed by atoms with E-state index < -0.39 is 0 Å². The number of hydrogen-bond acceptors (Lipinski definition) is 4. The third kappa shape index (κ3) is 3.36. The van der Waals surface area contributed by atoms with Gasteiger partial charge in [-0.05, 0) is 43.2 Å². The molecule has 0 saturated heterocycles. The molecule has 1 aromatic carbocycles. The van der Waals surface area contributed by atoms with Crippen LogP contribution in [0.5, 0.6) is 5.75 Å². The quantitative estimate of drug-likeness (QED) is 0.665. The standard InChI is InChI=1S/C14H16ClN3O/c1-9-5-12(15)6-10(2)14(9)19-8-11-3-4-13(18-16)17-7-11/h3-7H,8,16H2,1-2H3,(H,17,18). The maximum Gasteiger partial charge on any atom is 0.139 e. The summed E-state index contributed by atoms with van der Waals surface area (Å²) in [6, 6.07) is 7.51. The van der Waals surface area contributed by atoms with E-state index >= 15 is 0 Å². The molecule has 19 heavy (non-hydrogen) atoms. The number of halogens is 1. The average molecular weight is 278 g/mol. The largest absolute Gasteiger partial charge is 0.488 e. The van der Waals surface area contributed by atoms with Gasteiger partial charge in [0.25, 0.3) is 0 Å². The molecule has 0 aliphatic carbocycles. The molecular formula is C14H16ClN3O. The van der Waals surface area contributed by atoms with Crippen molar-refractivity contribution in [2.45, 2.75) is 20.5 Å². The van der Waals surface area contributed by atoms with Gasteiger partial charge in [0.15, 0.2) is 0 Å².